The molecule has 1 atom stereocenters. The van der Waals surface area contributed by atoms with E-state index in [1.165, 1.54) is 6.33 Å². The van der Waals surface area contributed by atoms with Crippen molar-refractivity contribution in [2.45, 2.75) is 18.9 Å². The van der Waals surface area contributed by atoms with Crippen LogP contribution in [0, 0.1) is 0 Å². The van der Waals surface area contributed by atoms with Crippen molar-refractivity contribution in [3.05, 3.63) is 17.7 Å². The number of carboxylic acids is 1. The van der Waals surface area contributed by atoms with Gasteiger partial charge in [0.15, 0.2) is 11.4 Å². The van der Waals surface area contributed by atoms with Crippen LogP contribution < -0.4 is 5.32 Å². The number of carbonyl (C=O) groups excluding carboxylic acids is 1. The molecule has 1 aliphatic heterocycles. The summed E-state index contributed by atoms with van der Waals surface area (Å²) in [5, 5.41) is 11.5. The van der Waals surface area contributed by atoms with Crippen molar-refractivity contribution in [3.63, 3.8) is 0 Å². The average molecular weight is 239 g/mol. The van der Waals surface area contributed by atoms with Crippen molar-refractivity contribution in [3.8, 4) is 0 Å². The van der Waals surface area contributed by atoms with E-state index in [-0.39, 0.29) is 17.4 Å². The van der Waals surface area contributed by atoms with E-state index in [9.17, 15) is 9.59 Å². The van der Waals surface area contributed by atoms with Gasteiger partial charge in [0.1, 0.15) is 0 Å². The third-order valence-corrected chi connectivity index (χ3v) is 2.56. The summed E-state index contributed by atoms with van der Waals surface area (Å²) < 4.78 is 5.22. The number of nitrogens with zero attached hydrogens (tertiary/aromatic N) is 1. The topological polar surface area (TPSA) is 104 Å². The molecule has 1 unspecified atom stereocenters. The van der Waals surface area contributed by atoms with Crippen LogP contribution in [-0.2, 0) is 4.74 Å². The third-order valence-electron chi connectivity index (χ3n) is 2.56. The molecule has 0 radical (unpaired) electrons. The molecule has 17 heavy (non-hydrogen) atoms. The van der Waals surface area contributed by atoms with Gasteiger partial charge in [-0.3, -0.25) is 4.79 Å². The van der Waals surface area contributed by atoms with E-state index in [1.807, 2.05) is 0 Å². The maximum absolute atomic E-state index is 11.8. The Labute approximate surface area is 97.2 Å². The normalized spacial score (nSPS) is 19.9. The van der Waals surface area contributed by atoms with Crippen molar-refractivity contribution in [2.24, 2.45) is 0 Å². The standard InChI is InChI=1S/C10H13N3O4/c14-9(13-6-2-1-3-17-4-6)7-8(10(15)16)12-5-11-7/h5-6H,1-4H2,(H,11,12)(H,13,14)(H,15,16). The summed E-state index contributed by atoms with van der Waals surface area (Å²) in [5.41, 5.74) is -0.290. The van der Waals surface area contributed by atoms with Gasteiger partial charge in [-0.1, -0.05) is 0 Å². The Bertz CT molecular complexity index is 423. The highest BCUT2D eigenvalue weighted by Gasteiger charge is 2.23. The number of ether oxygens (including phenoxy) is 1. The molecule has 1 aliphatic rings. The first-order chi connectivity index (χ1) is 8.18. The minimum Gasteiger partial charge on any atom is -0.477 e. The molecule has 1 aromatic heterocycles. The number of aromatic amines is 1. The zero-order chi connectivity index (χ0) is 12.3. The number of carboxylic acid groups (broad SMARTS) is 1. The molecular weight excluding hydrogens is 226 g/mol. The van der Waals surface area contributed by atoms with E-state index in [0.29, 0.717) is 13.2 Å². The molecule has 0 aromatic carbocycles. The Morgan fingerprint density at radius 3 is 3.06 bits per heavy atom. The number of hydrogen-bond donors (Lipinski definition) is 3. The Kier molecular flexibility index (Phi) is 3.38. The van der Waals surface area contributed by atoms with E-state index in [2.05, 4.69) is 15.3 Å². The van der Waals surface area contributed by atoms with Crippen molar-refractivity contribution >= 4 is 11.9 Å². The monoisotopic (exact) mass is 239 g/mol. The minimum absolute atomic E-state index is 0.0744. The third kappa shape index (κ3) is 2.62. The lowest BCUT2D eigenvalue weighted by Gasteiger charge is -2.22. The minimum atomic E-state index is -1.20. The van der Waals surface area contributed by atoms with Gasteiger partial charge in [0.2, 0.25) is 0 Å². The lowest BCUT2D eigenvalue weighted by molar-refractivity contribution is 0.0614. The van der Waals surface area contributed by atoms with Crippen molar-refractivity contribution in [1.82, 2.24) is 15.3 Å². The van der Waals surface area contributed by atoms with Gasteiger partial charge >= 0.3 is 5.97 Å². The molecule has 2 heterocycles. The highest BCUT2D eigenvalue weighted by molar-refractivity contribution is 6.02. The fourth-order valence-corrected chi connectivity index (χ4v) is 1.74. The van der Waals surface area contributed by atoms with Gasteiger partial charge in [-0.05, 0) is 12.8 Å². The summed E-state index contributed by atoms with van der Waals surface area (Å²) in [6.45, 7) is 1.16. The second kappa shape index (κ2) is 4.96. The molecule has 7 heteroatoms. The summed E-state index contributed by atoms with van der Waals surface area (Å²) in [6.07, 6.45) is 2.91. The highest BCUT2D eigenvalue weighted by atomic mass is 16.5. The van der Waals surface area contributed by atoms with E-state index in [0.717, 1.165) is 12.8 Å². The smallest absolute Gasteiger partial charge is 0.354 e. The number of H-pyrrole nitrogens is 1. The van der Waals surface area contributed by atoms with E-state index >= 15 is 0 Å². The quantitative estimate of drug-likeness (QED) is 0.689. The summed E-state index contributed by atoms with van der Waals surface area (Å²) in [6, 6.07) is -0.0744. The van der Waals surface area contributed by atoms with Gasteiger partial charge in [0, 0.05) is 6.61 Å². The van der Waals surface area contributed by atoms with Gasteiger partial charge < -0.3 is 20.1 Å². The van der Waals surface area contributed by atoms with E-state index < -0.39 is 11.9 Å². The number of rotatable bonds is 3. The Hall–Kier alpha value is -1.89. The molecule has 1 amide bonds. The Morgan fingerprint density at radius 1 is 1.59 bits per heavy atom. The molecule has 0 bridgehead atoms. The van der Waals surface area contributed by atoms with E-state index in [1.54, 1.807) is 0 Å². The second-order valence-corrected chi connectivity index (χ2v) is 3.82. The van der Waals surface area contributed by atoms with Crippen LogP contribution in [0.4, 0.5) is 0 Å². The summed E-state index contributed by atoms with van der Waals surface area (Å²) in [4.78, 5) is 28.7. The second-order valence-electron chi connectivity index (χ2n) is 3.82. The largest absolute Gasteiger partial charge is 0.477 e. The highest BCUT2D eigenvalue weighted by Crippen LogP contribution is 2.08. The number of hydrogen-bond acceptors (Lipinski definition) is 4. The summed E-state index contributed by atoms with van der Waals surface area (Å²) in [7, 11) is 0. The predicted octanol–water partition coefficient (Wildman–Crippen LogP) is 0.0167. The van der Waals surface area contributed by atoms with Crippen molar-refractivity contribution < 1.29 is 19.4 Å². The molecular formula is C10H13N3O4. The maximum Gasteiger partial charge on any atom is 0.354 e. The van der Waals surface area contributed by atoms with Gasteiger partial charge in [-0.25, -0.2) is 9.78 Å². The molecule has 1 fully saturated rings. The van der Waals surface area contributed by atoms with Crippen LogP contribution in [0.3, 0.4) is 0 Å². The van der Waals surface area contributed by atoms with Crippen molar-refractivity contribution in [2.75, 3.05) is 13.2 Å². The first-order valence-corrected chi connectivity index (χ1v) is 5.33. The summed E-state index contributed by atoms with van der Waals surface area (Å²) >= 11 is 0. The number of aromatic carboxylic acids is 1. The molecule has 92 valence electrons. The molecule has 7 nitrogen and oxygen atoms in total. The number of imidazole rings is 1. The first-order valence-electron chi connectivity index (χ1n) is 5.33. The maximum atomic E-state index is 11.8. The lowest BCUT2D eigenvalue weighted by Crippen LogP contribution is -2.41. The van der Waals surface area contributed by atoms with Crippen LogP contribution in [-0.4, -0.2) is 46.2 Å². The fourth-order valence-electron chi connectivity index (χ4n) is 1.74. The van der Waals surface area contributed by atoms with Crippen LogP contribution in [0.15, 0.2) is 6.33 Å². The SMILES string of the molecule is O=C(NC1CCCOC1)c1nc[nH]c1C(=O)O. The van der Waals surface area contributed by atoms with Crippen LogP contribution in [0.5, 0.6) is 0 Å². The van der Waals surface area contributed by atoms with E-state index in [4.69, 9.17) is 9.84 Å². The van der Waals surface area contributed by atoms with Gasteiger partial charge in [-0.15, -0.1) is 0 Å². The van der Waals surface area contributed by atoms with Gasteiger partial charge in [0.05, 0.1) is 19.0 Å². The Morgan fingerprint density at radius 2 is 2.41 bits per heavy atom. The fraction of sp³-hybridized carbons (Fsp3) is 0.500. The van der Waals surface area contributed by atoms with Gasteiger partial charge in [0.25, 0.3) is 5.91 Å². The molecule has 1 aromatic rings. The first kappa shape index (κ1) is 11.6. The molecule has 3 N–H and O–H groups in total. The summed E-state index contributed by atoms with van der Waals surface area (Å²) in [5.74, 6) is -1.69. The molecule has 0 aliphatic carbocycles. The average Bonchev–Trinajstić information content (AvgIpc) is 2.79. The predicted molar refractivity (Wildman–Crippen MR) is 56.9 cm³/mol. The molecule has 1 saturated heterocycles. The van der Waals surface area contributed by atoms with Crippen LogP contribution in [0.2, 0.25) is 0 Å². The Balaban J connectivity index is 2.03. The number of nitrogens with one attached hydrogen (secondary N) is 2. The molecule has 2 rings (SSSR count). The molecule has 0 saturated carbocycles. The van der Waals surface area contributed by atoms with Crippen LogP contribution in [0.25, 0.3) is 0 Å². The van der Waals surface area contributed by atoms with Crippen molar-refractivity contribution in [1.29, 1.82) is 0 Å². The zero-order valence-corrected chi connectivity index (χ0v) is 9.10. The van der Waals surface area contributed by atoms with Crippen LogP contribution in [0.1, 0.15) is 33.8 Å². The van der Waals surface area contributed by atoms with Gasteiger partial charge in [-0.2, -0.15) is 0 Å². The lowest BCUT2D eigenvalue weighted by atomic mass is 10.1. The van der Waals surface area contributed by atoms with Crippen LogP contribution >= 0.6 is 0 Å². The molecule has 0 spiro atoms. The number of amides is 1. The number of carbonyl (C=O) groups is 2. The zero-order valence-electron chi connectivity index (χ0n) is 9.10. The number of aromatic nitrogens is 2.